The molecule has 5 nitrogen and oxygen atoms in total. The van der Waals surface area contributed by atoms with E-state index in [2.05, 4.69) is 27.0 Å². The second kappa shape index (κ2) is 8.54. The lowest BCUT2D eigenvalue weighted by Gasteiger charge is -2.15. The van der Waals surface area contributed by atoms with Crippen molar-refractivity contribution < 1.29 is 14.3 Å². The number of benzene rings is 2. The first-order chi connectivity index (χ1) is 13.0. The Labute approximate surface area is 170 Å². The summed E-state index contributed by atoms with van der Waals surface area (Å²) in [6, 6.07) is 11.8. The number of hydrogen-bond donors (Lipinski definition) is 0. The van der Waals surface area contributed by atoms with Crippen LogP contribution in [0.15, 0.2) is 40.9 Å². The summed E-state index contributed by atoms with van der Waals surface area (Å²) in [5.74, 6) is 0.938. The van der Waals surface area contributed by atoms with Gasteiger partial charge in [-0.1, -0.05) is 18.2 Å². The summed E-state index contributed by atoms with van der Waals surface area (Å²) in [6.45, 7) is -0.0527. The fraction of sp³-hybridized carbons (Fsp3) is 0.200. The molecule has 140 valence electrons. The quantitative estimate of drug-likeness (QED) is 0.550. The van der Waals surface area contributed by atoms with Crippen molar-refractivity contribution in [2.24, 2.45) is 0 Å². The Bertz CT molecular complexity index is 965. The predicted octanol–water partition coefficient (Wildman–Crippen LogP) is 4.70. The number of nitrogens with zero attached hydrogens (tertiary/aromatic N) is 2. The highest BCUT2D eigenvalue weighted by Gasteiger charge is 2.13. The number of carbonyl (C=O) groups excluding carboxylic acids is 1. The molecule has 0 unspecified atom stereocenters. The van der Waals surface area contributed by atoms with Gasteiger partial charge in [-0.15, -0.1) is 11.3 Å². The third kappa shape index (κ3) is 4.67. The number of hydrogen-bond acceptors (Lipinski definition) is 5. The standard InChI is InChI=1S/C20H19BrN2O3S/c1-23(2)19(24)12-26-20-14(21)10-13(11-16(20)25-3)8-9-18-22-15-6-4-5-7-17(15)27-18/h4-11H,12H2,1-3H3. The van der Waals surface area contributed by atoms with Gasteiger partial charge >= 0.3 is 0 Å². The molecule has 0 fully saturated rings. The summed E-state index contributed by atoms with van der Waals surface area (Å²) in [6.07, 6.45) is 3.95. The molecule has 0 saturated carbocycles. The van der Waals surface area contributed by atoms with Crippen molar-refractivity contribution in [2.75, 3.05) is 27.8 Å². The van der Waals surface area contributed by atoms with E-state index in [0.29, 0.717) is 11.5 Å². The van der Waals surface area contributed by atoms with Crippen molar-refractivity contribution in [1.82, 2.24) is 9.88 Å². The van der Waals surface area contributed by atoms with Crippen molar-refractivity contribution in [3.8, 4) is 11.5 Å². The molecule has 1 aromatic heterocycles. The molecule has 0 N–H and O–H groups in total. The van der Waals surface area contributed by atoms with Gasteiger partial charge in [0.25, 0.3) is 5.91 Å². The van der Waals surface area contributed by atoms with Crippen molar-refractivity contribution in [1.29, 1.82) is 0 Å². The topological polar surface area (TPSA) is 51.7 Å². The summed E-state index contributed by atoms with van der Waals surface area (Å²) < 4.78 is 13.0. The maximum atomic E-state index is 11.8. The van der Waals surface area contributed by atoms with E-state index in [1.54, 1.807) is 32.5 Å². The van der Waals surface area contributed by atoms with E-state index in [4.69, 9.17) is 9.47 Å². The Morgan fingerprint density at radius 2 is 2.04 bits per heavy atom. The number of ether oxygens (including phenoxy) is 2. The summed E-state index contributed by atoms with van der Waals surface area (Å²) in [5.41, 5.74) is 1.93. The van der Waals surface area contributed by atoms with Gasteiger partial charge in [0.15, 0.2) is 18.1 Å². The van der Waals surface area contributed by atoms with Crippen molar-refractivity contribution >= 4 is 55.5 Å². The van der Waals surface area contributed by atoms with Crippen LogP contribution in [-0.4, -0.2) is 43.6 Å². The lowest BCUT2D eigenvalue weighted by Crippen LogP contribution is -2.27. The zero-order valence-electron chi connectivity index (χ0n) is 15.2. The number of likely N-dealkylation sites (N-methyl/N-ethyl adjacent to an activating group) is 1. The fourth-order valence-corrected chi connectivity index (χ4v) is 3.81. The molecule has 3 aromatic rings. The highest BCUT2D eigenvalue weighted by molar-refractivity contribution is 9.10. The van der Waals surface area contributed by atoms with Crippen molar-refractivity contribution in [3.05, 3.63) is 51.4 Å². The Balaban J connectivity index is 1.81. The first kappa shape index (κ1) is 19.4. The van der Waals surface area contributed by atoms with Crippen LogP contribution in [0.25, 0.3) is 22.4 Å². The first-order valence-electron chi connectivity index (χ1n) is 8.22. The Hall–Kier alpha value is -2.38. The molecule has 0 atom stereocenters. The van der Waals surface area contributed by atoms with E-state index >= 15 is 0 Å². The van der Waals surface area contributed by atoms with Crippen LogP contribution in [0.4, 0.5) is 0 Å². The highest BCUT2D eigenvalue weighted by Crippen LogP contribution is 2.37. The molecular weight excluding hydrogens is 428 g/mol. The molecule has 3 rings (SSSR count). The summed E-state index contributed by atoms with van der Waals surface area (Å²) in [5, 5.41) is 0.934. The minimum atomic E-state index is -0.122. The number of amides is 1. The van der Waals surface area contributed by atoms with Crippen LogP contribution >= 0.6 is 27.3 Å². The molecule has 0 spiro atoms. The maximum absolute atomic E-state index is 11.8. The molecule has 0 radical (unpaired) electrons. The molecule has 0 aliphatic carbocycles. The SMILES string of the molecule is COc1cc(C=Cc2nc3ccccc3s2)cc(Br)c1OCC(=O)N(C)C. The maximum Gasteiger partial charge on any atom is 0.259 e. The number of aromatic nitrogens is 1. The van der Waals surface area contributed by atoms with E-state index in [-0.39, 0.29) is 12.5 Å². The van der Waals surface area contributed by atoms with Crippen molar-refractivity contribution in [2.45, 2.75) is 0 Å². The van der Waals surface area contributed by atoms with Crippen LogP contribution < -0.4 is 9.47 Å². The Morgan fingerprint density at radius 3 is 2.74 bits per heavy atom. The number of thiazole rings is 1. The van der Waals surface area contributed by atoms with Crippen LogP contribution in [0.2, 0.25) is 0 Å². The van der Waals surface area contributed by atoms with Crippen LogP contribution in [0, 0.1) is 0 Å². The second-order valence-corrected chi connectivity index (χ2v) is 7.88. The highest BCUT2D eigenvalue weighted by atomic mass is 79.9. The lowest BCUT2D eigenvalue weighted by molar-refractivity contribution is -0.130. The Morgan fingerprint density at radius 1 is 1.26 bits per heavy atom. The summed E-state index contributed by atoms with van der Waals surface area (Å²) in [4.78, 5) is 17.8. The van der Waals surface area contributed by atoms with Gasteiger partial charge in [-0.2, -0.15) is 0 Å². The summed E-state index contributed by atoms with van der Waals surface area (Å²) >= 11 is 5.14. The first-order valence-corrected chi connectivity index (χ1v) is 9.83. The monoisotopic (exact) mass is 446 g/mol. The number of halogens is 1. The normalized spacial score (nSPS) is 11.1. The molecule has 0 aliphatic heterocycles. The van der Waals surface area contributed by atoms with Gasteiger partial charge in [-0.05, 0) is 51.8 Å². The number of rotatable bonds is 6. The van der Waals surface area contributed by atoms with E-state index in [1.807, 2.05) is 42.5 Å². The third-order valence-corrected chi connectivity index (χ3v) is 5.41. The smallest absolute Gasteiger partial charge is 0.259 e. The van der Waals surface area contributed by atoms with Gasteiger partial charge < -0.3 is 14.4 Å². The van der Waals surface area contributed by atoms with Crippen LogP contribution in [0.3, 0.4) is 0 Å². The third-order valence-electron chi connectivity index (χ3n) is 3.82. The number of fused-ring (bicyclic) bond motifs is 1. The molecule has 0 saturated heterocycles. The predicted molar refractivity (Wildman–Crippen MR) is 113 cm³/mol. The van der Waals surface area contributed by atoms with Crippen molar-refractivity contribution in [3.63, 3.8) is 0 Å². The number of para-hydroxylation sites is 1. The second-order valence-electron chi connectivity index (χ2n) is 5.96. The lowest BCUT2D eigenvalue weighted by atomic mass is 10.2. The Kier molecular flexibility index (Phi) is 6.13. The van der Waals surface area contributed by atoms with Gasteiger partial charge in [0.2, 0.25) is 0 Å². The molecular formula is C20H19BrN2O3S. The van der Waals surface area contributed by atoms with Gasteiger partial charge in [0, 0.05) is 14.1 Å². The van der Waals surface area contributed by atoms with E-state index in [1.165, 1.54) is 4.90 Å². The molecule has 27 heavy (non-hydrogen) atoms. The van der Waals surface area contributed by atoms with Crippen LogP contribution in [-0.2, 0) is 4.79 Å². The minimum absolute atomic E-state index is 0.0527. The van der Waals surface area contributed by atoms with Gasteiger partial charge in [-0.25, -0.2) is 4.98 Å². The molecule has 2 aromatic carbocycles. The fourth-order valence-electron chi connectivity index (χ4n) is 2.37. The molecule has 1 amide bonds. The average Bonchev–Trinajstić information content (AvgIpc) is 3.07. The average molecular weight is 447 g/mol. The molecule has 0 bridgehead atoms. The number of carbonyl (C=O) groups is 1. The van der Waals surface area contributed by atoms with E-state index in [9.17, 15) is 4.79 Å². The van der Waals surface area contributed by atoms with Crippen LogP contribution in [0.1, 0.15) is 10.6 Å². The van der Waals surface area contributed by atoms with E-state index < -0.39 is 0 Å². The zero-order chi connectivity index (χ0) is 19.4. The minimum Gasteiger partial charge on any atom is -0.493 e. The number of methoxy groups -OCH3 is 1. The van der Waals surface area contributed by atoms with E-state index in [0.717, 1.165) is 25.3 Å². The van der Waals surface area contributed by atoms with Crippen LogP contribution in [0.5, 0.6) is 11.5 Å². The summed E-state index contributed by atoms with van der Waals surface area (Å²) in [7, 11) is 4.95. The molecule has 7 heteroatoms. The molecule has 1 heterocycles. The van der Waals surface area contributed by atoms with Gasteiger partial charge in [0.05, 0.1) is 21.8 Å². The van der Waals surface area contributed by atoms with Gasteiger partial charge in [-0.3, -0.25) is 4.79 Å². The van der Waals surface area contributed by atoms with Gasteiger partial charge in [0.1, 0.15) is 5.01 Å². The molecule has 0 aliphatic rings. The largest absolute Gasteiger partial charge is 0.493 e. The zero-order valence-corrected chi connectivity index (χ0v) is 17.6.